The summed E-state index contributed by atoms with van der Waals surface area (Å²) < 4.78 is 0. The number of hydrogen-bond acceptors (Lipinski definition) is 3. The van der Waals surface area contributed by atoms with Gasteiger partial charge >= 0.3 is 0 Å². The normalized spacial score (nSPS) is 17.5. The van der Waals surface area contributed by atoms with Crippen molar-refractivity contribution in [3.8, 4) is 0 Å². The third kappa shape index (κ3) is 3.20. The number of carbonyl (C=O) groups excluding carboxylic acids is 2. The summed E-state index contributed by atoms with van der Waals surface area (Å²) in [6.07, 6.45) is 5.91. The van der Waals surface area contributed by atoms with E-state index in [0.29, 0.717) is 24.2 Å². The smallest absolute Gasteiger partial charge is 0.277 e. The van der Waals surface area contributed by atoms with E-state index in [2.05, 4.69) is 16.0 Å². The summed E-state index contributed by atoms with van der Waals surface area (Å²) >= 11 is 0. The van der Waals surface area contributed by atoms with Crippen LogP contribution in [0.3, 0.4) is 0 Å². The summed E-state index contributed by atoms with van der Waals surface area (Å²) in [6, 6.07) is 17.7. The van der Waals surface area contributed by atoms with E-state index in [1.807, 2.05) is 54.7 Å². The second-order valence-corrected chi connectivity index (χ2v) is 8.01. The number of rotatable bonds is 5. The molecule has 0 saturated carbocycles. The van der Waals surface area contributed by atoms with Crippen molar-refractivity contribution in [2.75, 3.05) is 19.6 Å². The van der Waals surface area contributed by atoms with Crippen molar-refractivity contribution in [2.24, 2.45) is 0 Å². The SMILES string of the molecule is O=C1C(c2ccccc2)=C(N2CCCCC2)C(=O)N1CCc1c[nH]c2ccccc12. The molecule has 0 aliphatic carbocycles. The number of nitrogens with zero attached hydrogens (tertiary/aromatic N) is 2. The lowest BCUT2D eigenvalue weighted by Crippen LogP contribution is -2.38. The predicted molar refractivity (Wildman–Crippen MR) is 118 cm³/mol. The fraction of sp³-hybridized carbons (Fsp3) is 0.280. The van der Waals surface area contributed by atoms with Gasteiger partial charge in [-0.25, -0.2) is 0 Å². The lowest BCUT2D eigenvalue weighted by atomic mass is 10.0. The topological polar surface area (TPSA) is 56.4 Å². The van der Waals surface area contributed by atoms with Gasteiger partial charge in [0.15, 0.2) is 0 Å². The van der Waals surface area contributed by atoms with Gasteiger partial charge in [0.2, 0.25) is 0 Å². The first-order valence-electron chi connectivity index (χ1n) is 10.7. The highest BCUT2D eigenvalue weighted by atomic mass is 16.2. The minimum atomic E-state index is -0.174. The zero-order chi connectivity index (χ0) is 20.5. The van der Waals surface area contributed by atoms with Crippen molar-refractivity contribution < 1.29 is 9.59 Å². The van der Waals surface area contributed by atoms with Crippen LogP contribution in [0, 0.1) is 0 Å². The summed E-state index contributed by atoms with van der Waals surface area (Å²) in [4.78, 5) is 33.7. The Morgan fingerprint density at radius 2 is 1.57 bits per heavy atom. The molecule has 1 saturated heterocycles. The Morgan fingerprint density at radius 1 is 0.833 bits per heavy atom. The lowest BCUT2D eigenvalue weighted by Gasteiger charge is -2.29. The molecule has 0 radical (unpaired) electrons. The van der Waals surface area contributed by atoms with E-state index in [1.54, 1.807) is 0 Å². The van der Waals surface area contributed by atoms with Crippen LogP contribution in [0.4, 0.5) is 0 Å². The van der Waals surface area contributed by atoms with Gasteiger partial charge in [0.1, 0.15) is 5.70 Å². The average Bonchev–Trinajstić information content (AvgIpc) is 3.32. The van der Waals surface area contributed by atoms with Crippen molar-refractivity contribution in [1.29, 1.82) is 0 Å². The molecule has 152 valence electrons. The summed E-state index contributed by atoms with van der Waals surface area (Å²) in [7, 11) is 0. The third-order valence-corrected chi connectivity index (χ3v) is 6.16. The number of hydrogen-bond donors (Lipinski definition) is 1. The molecule has 0 atom stereocenters. The fourth-order valence-electron chi connectivity index (χ4n) is 4.61. The number of carbonyl (C=O) groups is 2. The van der Waals surface area contributed by atoms with E-state index in [4.69, 9.17) is 0 Å². The first kappa shape index (κ1) is 18.7. The molecule has 2 aliphatic rings. The minimum Gasteiger partial charge on any atom is -0.366 e. The number of para-hydroxylation sites is 1. The molecule has 2 aliphatic heterocycles. The van der Waals surface area contributed by atoms with Crippen molar-refractivity contribution in [1.82, 2.24) is 14.8 Å². The van der Waals surface area contributed by atoms with E-state index in [0.717, 1.165) is 48.0 Å². The molecule has 0 unspecified atom stereocenters. The number of H-pyrrole nitrogens is 1. The van der Waals surface area contributed by atoms with Crippen molar-refractivity contribution in [3.05, 3.63) is 77.6 Å². The van der Waals surface area contributed by atoms with Gasteiger partial charge in [-0.2, -0.15) is 0 Å². The molecule has 3 aromatic rings. The minimum absolute atomic E-state index is 0.152. The van der Waals surface area contributed by atoms with Gasteiger partial charge in [-0.05, 0) is 42.9 Å². The molecule has 1 N–H and O–H groups in total. The van der Waals surface area contributed by atoms with E-state index >= 15 is 0 Å². The van der Waals surface area contributed by atoms with E-state index in [9.17, 15) is 9.59 Å². The molecule has 30 heavy (non-hydrogen) atoms. The number of benzene rings is 2. The number of nitrogens with one attached hydrogen (secondary N) is 1. The van der Waals surface area contributed by atoms with E-state index in [-0.39, 0.29) is 11.8 Å². The highest BCUT2D eigenvalue weighted by molar-refractivity contribution is 6.35. The van der Waals surface area contributed by atoms with Crippen molar-refractivity contribution >= 4 is 28.3 Å². The fourth-order valence-corrected chi connectivity index (χ4v) is 4.61. The molecule has 2 amide bonds. The molecular formula is C25H25N3O2. The monoisotopic (exact) mass is 399 g/mol. The van der Waals surface area contributed by atoms with E-state index < -0.39 is 0 Å². The Hall–Kier alpha value is -3.34. The Morgan fingerprint density at radius 3 is 2.37 bits per heavy atom. The number of aromatic amines is 1. The second-order valence-electron chi connectivity index (χ2n) is 8.01. The molecule has 0 bridgehead atoms. The maximum absolute atomic E-state index is 13.4. The molecule has 0 spiro atoms. The molecule has 3 heterocycles. The number of likely N-dealkylation sites (tertiary alicyclic amines) is 1. The summed E-state index contributed by atoms with van der Waals surface area (Å²) in [5.41, 5.74) is 4.17. The second kappa shape index (κ2) is 7.82. The number of aromatic nitrogens is 1. The van der Waals surface area contributed by atoms with Crippen LogP contribution < -0.4 is 0 Å². The first-order chi connectivity index (χ1) is 14.7. The van der Waals surface area contributed by atoms with Crippen LogP contribution in [0.2, 0.25) is 0 Å². The molecular weight excluding hydrogens is 374 g/mol. The largest absolute Gasteiger partial charge is 0.366 e. The van der Waals surface area contributed by atoms with Crippen LogP contribution in [0.1, 0.15) is 30.4 Å². The molecule has 5 rings (SSSR count). The highest BCUT2D eigenvalue weighted by Crippen LogP contribution is 2.33. The maximum atomic E-state index is 13.4. The Bertz CT molecular complexity index is 1120. The number of piperidine rings is 1. The Balaban J connectivity index is 1.45. The molecule has 5 nitrogen and oxygen atoms in total. The summed E-state index contributed by atoms with van der Waals surface area (Å²) in [5, 5.41) is 1.14. The van der Waals surface area contributed by atoms with Crippen LogP contribution in [-0.4, -0.2) is 46.2 Å². The number of imide groups is 1. The van der Waals surface area contributed by atoms with Gasteiger partial charge in [0, 0.05) is 36.7 Å². The van der Waals surface area contributed by atoms with Gasteiger partial charge in [-0.1, -0.05) is 48.5 Å². The molecule has 1 aromatic heterocycles. The molecule has 1 fully saturated rings. The Kier molecular flexibility index (Phi) is 4.87. The summed E-state index contributed by atoms with van der Waals surface area (Å²) in [5.74, 6) is -0.327. The van der Waals surface area contributed by atoms with Gasteiger partial charge in [-0.15, -0.1) is 0 Å². The van der Waals surface area contributed by atoms with Crippen LogP contribution in [-0.2, 0) is 16.0 Å². The third-order valence-electron chi connectivity index (χ3n) is 6.16. The molecule has 5 heteroatoms. The first-order valence-corrected chi connectivity index (χ1v) is 10.7. The predicted octanol–water partition coefficient (Wildman–Crippen LogP) is 3.98. The highest BCUT2D eigenvalue weighted by Gasteiger charge is 2.41. The molecule has 2 aromatic carbocycles. The lowest BCUT2D eigenvalue weighted by molar-refractivity contribution is -0.137. The summed E-state index contributed by atoms with van der Waals surface area (Å²) in [6.45, 7) is 2.05. The van der Waals surface area contributed by atoms with Crippen LogP contribution in [0.15, 0.2) is 66.5 Å². The van der Waals surface area contributed by atoms with Crippen LogP contribution in [0.5, 0.6) is 0 Å². The van der Waals surface area contributed by atoms with Gasteiger partial charge in [-0.3, -0.25) is 14.5 Å². The quantitative estimate of drug-likeness (QED) is 0.661. The van der Waals surface area contributed by atoms with Crippen molar-refractivity contribution in [3.63, 3.8) is 0 Å². The Labute approximate surface area is 176 Å². The van der Waals surface area contributed by atoms with Crippen LogP contribution >= 0.6 is 0 Å². The van der Waals surface area contributed by atoms with Gasteiger partial charge in [0.25, 0.3) is 11.8 Å². The van der Waals surface area contributed by atoms with E-state index in [1.165, 1.54) is 11.3 Å². The van der Waals surface area contributed by atoms with Crippen LogP contribution in [0.25, 0.3) is 16.5 Å². The average molecular weight is 399 g/mol. The maximum Gasteiger partial charge on any atom is 0.277 e. The zero-order valence-corrected chi connectivity index (χ0v) is 16.9. The van der Waals surface area contributed by atoms with Gasteiger partial charge in [0.05, 0.1) is 5.57 Å². The number of fused-ring (bicyclic) bond motifs is 1. The standard InChI is InChI=1S/C25H25N3O2/c29-24-22(18-9-3-1-4-10-18)23(27-14-7-2-8-15-27)25(30)28(24)16-13-19-17-26-21-12-6-5-11-20(19)21/h1,3-6,9-12,17,26H,2,7-8,13-16H2. The zero-order valence-electron chi connectivity index (χ0n) is 16.9. The van der Waals surface area contributed by atoms with Gasteiger partial charge < -0.3 is 9.88 Å². The van der Waals surface area contributed by atoms with Crippen molar-refractivity contribution in [2.45, 2.75) is 25.7 Å². The number of amides is 2.